The highest BCUT2D eigenvalue weighted by Crippen LogP contribution is 2.72. The lowest BCUT2D eigenvalue weighted by Gasteiger charge is -2.15. The number of rotatable bonds is 2. The van der Waals surface area contributed by atoms with Crippen LogP contribution in [0.25, 0.3) is 0 Å². The molecule has 1 aliphatic carbocycles. The van der Waals surface area contributed by atoms with Crippen molar-refractivity contribution in [2.75, 3.05) is 13.2 Å². The molecule has 1 atom stereocenters. The Hall–Kier alpha value is -1.55. The van der Waals surface area contributed by atoms with Gasteiger partial charge < -0.3 is 15.2 Å². The zero-order valence-electron chi connectivity index (χ0n) is 13.1. The quantitative estimate of drug-likeness (QED) is 0.879. The number of carbonyl (C=O) groups is 1. The van der Waals surface area contributed by atoms with Gasteiger partial charge in [0.25, 0.3) is 5.91 Å². The maximum absolute atomic E-state index is 12.0. The molecule has 0 radical (unpaired) electrons. The number of amides is 1. The van der Waals surface area contributed by atoms with E-state index in [0.29, 0.717) is 24.5 Å². The second kappa shape index (κ2) is 4.47. The summed E-state index contributed by atoms with van der Waals surface area (Å²) in [6, 6.07) is 5.43. The predicted octanol–water partition coefficient (Wildman–Crippen LogP) is 2.52. The molecule has 2 N–H and O–H groups in total. The third-order valence-corrected chi connectivity index (χ3v) is 5.68. The Morgan fingerprint density at radius 3 is 2.57 bits per heavy atom. The van der Waals surface area contributed by atoms with Gasteiger partial charge in [0, 0.05) is 5.92 Å². The van der Waals surface area contributed by atoms with Crippen molar-refractivity contribution in [3.05, 3.63) is 29.3 Å². The Kier molecular flexibility index (Phi) is 3.06. The van der Waals surface area contributed by atoms with E-state index in [1.807, 2.05) is 6.07 Å². The van der Waals surface area contributed by atoms with Crippen LogP contribution in [0.3, 0.4) is 0 Å². The summed E-state index contributed by atoms with van der Waals surface area (Å²) in [6.45, 7) is 9.71. The van der Waals surface area contributed by atoms with Crippen LogP contribution in [0.4, 0.5) is 0 Å². The summed E-state index contributed by atoms with van der Waals surface area (Å²) < 4.78 is 5.55. The van der Waals surface area contributed by atoms with Crippen molar-refractivity contribution in [1.82, 2.24) is 5.32 Å². The molecule has 4 nitrogen and oxygen atoms in total. The van der Waals surface area contributed by atoms with E-state index in [9.17, 15) is 9.90 Å². The molecule has 1 aromatic carbocycles. The van der Waals surface area contributed by atoms with E-state index >= 15 is 0 Å². The summed E-state index contributed by atoms with van der Waals surface area (Å²) >= 11 is 0. The third kappa shape index (κ3) is 2.04. The molecule has 4 heteroatoms. The minimum Gasteiger partial charge on any atom is -0.491 e. The molecule has 0 spiro atoms. The molecule has 1 amide bonds. The molecule has 2 aliphatic rings. The second-order valence-corrected chi connectivity index (χ2v) is 7.23. The average molecular weight is 289 g/mol. The van der Waals surface area contributed by atoms with Crippen molar-refractivity contribution in [1.29, 1.82) is 0 Å². The number of fused-ring (bicyclic) bond motifs is 1. The molecular formula is C17H23NO3. The SMILES string of the molecule is CC1(C)C(C(O)c2ccc3c(c2)C(=O)NCCO3)C1(C)C. The van der Waals surface area contributed by atoms with Gasteiger partial charge in [-0.2, -0.15) is 0 Å². The lowest BCUT2D eigenvalue weighted by atomic mass is 9.97. The van der Waals surface area contributed by atoms with Crippen LogP contribution in [0, 0.1) is 16.7 Å². The molecule has 21 heavy (non-hydrogen) atoms. The van der Waals surface area contributed by atoms with Gasteiger partial charge in [0.15, 0.2) is 0 Å². The first-order valence-electron chi connectivity index (χ1n) is 7.50. The second-order valence-electron chi connectivity index (χ2n) is 7.23. The number of carbonyl (C=O) groups excluding carboxylic acids is 1. The van der Waals surface area contributed by atoms with Crippen molar-refractivity contribution < 1.29 is 14.6 Å². The molecule has 114 valence electrons. The van der Waals surface area contributed by atoms with Gasteiger partial charge in [0.05, 0.1) is 18.2 Å². The smallest absolute Gasteiger partial charge is 0.255 e. The average Bonchev–Trinajstić information content (AvgIpc) is 2.91. The Morgan fingerprint density at radius 1 is 1.29 bits per heavy atom. The van der Waals surface area contributed by atoms with Gasteiger partial charge in [-0.3, -0.25) is 4.79 Å². The van der Waals surface area contributed by atoms with Gasteiger partial charge >= 0.3 is 0 Å². The highest BCUT2D eigenvalue weighted by molar-refractivity contribution is 5.97. The van der Waals surface area contributed by atoms with Gasteiger partial charge in [-0.1, -0.05) is 33.8 Å². The number of aliphatic hydroxyl groups excluding tert-OH is 1. The number of aliphatic hydroxyl groups is 1. The van der Waals surface area contributed by atoms with Crippen LogP contribution in [-0.2, 0) is 0 Å². The Balaban J connectivity index is 1.93. The Bertz CT molecular complexity index is 578. The molecule has 1 saturated carbocycles. The van der Waals surface area contributed by atoms with Crippen LogP contribution in [0.2, 0.25) is 0 Å². The first-order chi connectivity index (χ1) is 9.76. The molecule has 0 bridgehead atoms. The van der Waals surface area contributed by atoms with Crippen molar-refractivity contribution in [3.8, 4) is 5.75 Å². The minimum atomic E-state index is -0.559. The monoisotopic (exact) mass is 289 g/mol. The summed E-state index contributed by atoms with van der Waals surface area (Å²) in [5, 5.41) is 13.5. The fraction of sp³-hybridized carbons (Fsp3) is 0.588. The molecule has 1 aromatic rings. The summed E-state index contributed by atoms with van der Waals surface area (Å²) in [4.78, 5) is 12.0. The van der Waals surface area contributed by atoms with E-state index in [1.54, 1.807) is 12.1 Å². The molecule has 1 fully saturated rings. The number of benzene rings is 1. The molecule has 0 aromatic heterocycles. The Morgan fingerprint density at radius 2 is 1.95 bits per heavy atom. The highest BCUT2D eigenvalue weighted by Gasteiger charge is 2.67. The molecule has 1 aliphatic heterocycles. The highest BCUT2D eigenvalue weighted by atomic mass is 16.5. The van der Waals surface area contributed by atoms with E-state index < -0.39 is 6.10 Å². The lowest BCUT2D eigenvalue weighted by molar-refractivity contribution is 0.0956. The van der Waals surface area contributed by atoms with Gasteiger partial charge in [-0.15, -0.1) is 0 Å². The van der Waals surface area contributed by atoms with Crippen LogP contribution in [-0.4, -0.2) is 24.2 Å². The maximum atomic E-state index is 12.0. The fourth-order valence-electron chi connectivity index (χ4n) is 3.68. The summed E-state index contributed by atoms with van der Waals surface area (Å²) in [5.74, 6) is 0.652. The lowest BCUT2D eigenvalue weighted by Crippen LogP contribution is -2.24. The minimum absolute atomic E-state index is 0.0952. The van der Waals surface area contributed by atoms with E-state index in [-0.39, 0.29) is 22.7 Å². The van der Waals surface area contributed by atoms with Gasteiger partial charge in [0.2, 0.25) is 0 Å². The normalized spacial score (nSPS) is 24.3. The van der Waals surface area contributed by atoms with Crippen LogP contribution in [0.15, 0.2) is 18.2 Å². The molecule has 1 heterocycles. The van der Waals surface area contributed by atoms with Crippen LogP contribution < -0.4 is 10.1 Å². The number of hydrogen-bond donors (Lipinski definition) is 2. The summed E-state index contributed by atoms with van der Waals surface area (Å²) in [5.41, 5.74) is 1.49. The predicted molar refractivity (Wildman–Crippen MR) is 80.3 cm³/mol. The van der Waals surface area contributed by atoms with Crippen molar-refractivity contribution in [3.63, 3.8) is 0 Å². The van der Waals surface area contributed by atoms with Gasteiger partial charge in [0.1, 0.15) is 12.4 Å². The number of nitrogens with one attached hydrogen (secondary N) is 1. The fourth-order valence-corrected chi connectivity index (χ4v) is 3.68. The third-order valence-electron chi connectivity index (χ3n) is 5.68. The van der Waals surface area contributed by atoms with Gasteiger partial charge in [-0.25, -0.2) is 0 Å². The summed E-state index contributed by atoms with van der Waals surface area (Å²) in [6.07, 6.45) is -0.559. The zero-order chi connectivity index (χ0) is 15.4. The van der Waals surface area contributed by atoms with Crippen LogP contribution in [0.5, 0.6) is 5.75 Å². The Labute approximate surface area is 125 Å². The molecule has 3 rings (SSSR count). The van der Waals surface area contributed by atoms with Crippen molar-refractivity contribution in [2.24, 2.45) is 16.7 Å². The van der Waals surface area contributed by atoms with Crippen molar-refractivity contribution in [2.45, 2.75) is 33.8 Å². The first kappa shape index (κ1) is 14.4. The van der Waals surface area contributed by atoms with Crippen LogP contribution >= 0.6 is 0 Å². The first-order valence-corrected chi connectivity index (χ1v) is 7.50. The van der Waals surface area contributed by atoms with Crippen LogP contribution in [0.1, 0.15) is 49.7 Å². The molecular weight excluding hydrogens is 266 g/mol. The number of ether oxygens (including phenoxy) is 1. The topological polar surface area (TPSA) is 58.6 Å². The van der Waals surface area contributed by atoms with E-state index in [4.69, 9.17) is 4.74 Å². The molecule has 1 unspecified atom stereocenters. The molecule has 0 saturated heterocycles. The maximum Gasteiger partial charge on any atom is 0.255 e. The largest absolute Gasteiger partial charge is 0.491 e. The zero-order valence-corrected chi connectivity index (χ0v) is 13.1. The van der Waals surface area contributed by atoms with Gasteiger partial charge in [-0.05, 0) is 28.5 Å². The van der Waals surface area contributed by atoms with Crippen molar-refractivity contribution >= 4 is 5.91 Å². The standard InChI is InChI=1S/C17H23NO3/c1-16(2)14(17(16,3)4)13(19)10-5-6-12-11(9-10)15(20)18-7-8-21-12/h5-6,9,13-14,19H,7-8H2,1-4H3,(H,18,20). The van der Waals surface area contributed by atoms with E-state index in [1.165, 1.54) is 0 Å². The van der Waals surface area contributed by atoms with E-state index in [0.717, 1.165) is 5.56 Å². The summed E-state index contributed by atoms with van der Waals surface area (Å²) in [7, 11) is 0. The van der Waals surface area contributed by atoms with E-state index in [2.05, 4.69) is 33.0 Å². The number of hydrogen-bond acceptors (Lipinski definition) is 3.